The molecule has 55 heavy (non-hydrogen) atoms. The second-order valence-electron chi connectivity index (χ2n) is 12.7. The van der Waals surface area contributed by atoms with Gasteiger partial charge in [-0.3, -0.25) is 4.79 Å². The van der Waals surface area contributed by atoms with Crippen molar-refractivity contribution in [2.75, 3.05) is 38.5 Å². The van der Waals surface area contributed by atoms with Crippen molar-refractivity contribution in [3.8, 4) is 0 Å². The Morgan fingerprint density at radius 2 is 1.15 bits per heavy atom. The molecule has 0 aliphatic rings. The summed E-state index contributed by atoms with van der Waals surface area (Å²) in [4.78, 5) is 38.3. The Morgan fingerprint density at radius 1 is 0.673 bits per heavy atom. The Labute approximate surface area is 332 Å². The zero-order chi connectivity index (χ0) is 39.4. The zero-order valence-corrected chi connectivity index (χ0v) is 32.8. The number of thiocarbonyl (C=S) groups is 2. The van der Waals surface area contributed by atoms with Gasteiger partial charge in [0.15, 0.2) is 0 Å². The van der Waals surface area contributed by atoms with E-state index in [1.54, 1.807) is 0 Å². The summed E-state index contributed by atoms with van der Waals surface area (Å²) >= 11 is 11.1. The monoisotopic (exact) mass is 780 g/mol. The highest BCUT2D eigenvalue weighted by Gasteiger charge is 2.10. The Hall–Kier alpha value is -5.34. The van der Waals surface area contributed by atoms with Crippen LogP contribution in [0, 0.1) is 0 Å². The Bertz CT molecular complexity index is 2160. The topological polar surface area (TPSA) is 168 Å². The van der Waals surface area contributed by atoms with Crippen molar-refractivity contribution < 1.29 is 24.2 Å². The number of aliphatic carboxylic acids is 1. The van der Waals surface area contributed by atoms with Crippen LogP contribution in [0.2, 0.25) is 0 Å². The summed E-state index contributed by atoms with van der Waals surface area (Å²) in [5.41, 5.74) is 14.3. The molecule has 2 aromatic carbocycles. The number of carbonyl (C=O) groups excluding carboxylic acids is 1. The minimum Gasteiger partial charge on any atom is -0.480 e. The standard InChI is InChI=1S/C21H23N3O2S.C18H19N3S.C3H6O3/c1-26-14-20(25)24-19-5-3-2-4-16(19)7-9-17(27)8-6-15-10-12-22-21-18(15)11-13-23-21;19-17-4-2-1-3-14(17)6-8-15(22)7-5-13-9-11-20-18-16(13)10-12-21-18;1-6-2-3(4)5/h2-5,10-13H,6-9,14H2,1H3,(H,22,23)(H,24,25);1-4,9-12H,5-8,19H2,(H,20,21);2H2,1H3,(H,4,5). The first-order chi connectivity index (χ1) is 26.7. The third-order valence-electron chi connectivity index (χ3n) is 8.68. The van der Waals surface area contributed by atoms with E-state index < -0.39 is 5.97 Å². The molecule has 0 aliphatic carbocycles. The number of rotatable bonds is 17. The number of hydrogen-bond donors (Lipinski definition) is 5. The number of nitrogens with two attached hydrogens (primary N) is 1. The molecule has 0 radical (unpaired) electrons. The minimum absolute atomic E-state index is 0.0479. The van der Waals surface area contributed by atoms with Gasteiger partial charge in [-0.05, 0) is 120 Å². The van der Waals surface area contributed by atoms with Gasteiger partial charge in [0.05, 0.1) is 0 Å². The largest absolute Gasteiger partial charge is 0.480 e. The number of carboxylic acid groups (broad SMARTS) is 1. The number of nitrogen functional groups attached to an aromatic ring is 1. The quantitative estimate of drug-likeness (QED) is 0.0454. The third-order valence-corrected chi connectivity index (χ3v) is 9.50. The van der Waals surface area contributed by atoms with Gasteiger partial charge in [-0.1, -0.05) is 60.8 Å². The van der Waals surface area contributed by atoms with Gasteiger partial charge < -0.3 is 35.6 Å². The number of aryl methyl sites for hydroxylation is 4. The zero-order valence-electron chi connectivity index (χ0n) is 31.2. The number of carboxylic acids is 1. The fourth-order valence-corrected chi connectivity index (χ4v) is 6.29. The number of anilines is 2. The Balaban J connectivity index is 0.000000216. The van der Waals surface area contributed by atoms with E-state index in [0.29, 0.717) is 0 Å². The number of methoxy groups -OCH3 is 2. The van der Waals surface area contributed by atoms with Crippen LogP contribution in [0.4, 0.5) is 11.4 Å². The highest BCUT2D eigenvalue weighted by molar-refractivity contribution is 7.80. The number of nitrogens with zero attached hydrogens (tertiary/aromatic N) is 2. The summed E-state index contributed by atoms with van der Waals surface area (Å²) in [5, 5.41) is 13.0. The summed E-state index contributed by atoms with van der Waals surface area (Å²) in [7, 11) is 2.85. The number of nitrogens with one attached hydrogen (secondary N) is 3. The maximum absolute atomic E-state index is 11.8. The first kappa shape index (κ1) is 42.4. The molecule has 0 fully saturated rings. The molecule has 0 atom stereocenters. The molecule has 1 amide bonds. The average molecular weight is 781 g/mol. The second kappa shape index (κ2) is 22.8. The lowest BCUT2D eigenvalue weighted by Gasteiger charge is -2.11. The van der Waals surface area contributed by atoms with E-state index >= 15 is 0 Å². The average Bonchev–Trinajstić information content (AvgIpc) is 3.87. The molecule has 0 bridgehead atoms. The molecular formula is C42H48N6O5S2. The van der Waals surface area contributed by atoms with E-state index in [1.165, 1.54) is 36.3 Å². The van der Waals surface area contributed by atoms with Gasteiger partial charge in [0.25, 0.3) is 0 Å². The predicted octanol–water partition coefficient (Wildman–Crippen LogP) is 7.88. The van der Waals surface area contributed by atoms with E-state index in [-0.39, 0.29) is 19.1 Å². The molecule has 0 spiro atoms. The number of fused-ring (bicyclic) bond motifs is 2. The summed E-state index contributed by atoms with van der Waals surface area (Å²) in [5.74, 6) is -1.08. The Morgan fingerprint density at radius 3 is 1.64 bits per heavy atom. The number of amides is 1. The second-order valence-corrected chi connectivity index (χ2v) is 13.8. The molecule has 0 unspecified atom stereocenters. The van der Waals surface area contributed by atoms with E-state index in [1.807, 2.05) is 67.3 Å². The van der Waals surface area contributed by atoms with Crippen LogP contribution in [0.3, 0.4) is 0 Å². The molecule has 0 saturated carbocycles. The van der Waals surface area contributed by atoms with Gasteiger partial charge in [0, 0.05) is 61.2 Å². The number of para-hydroxylation sites is 2. The Kier molecular flexibility index (Phi) is 17.6. The van der Waals surface area contributed by atoms with Crippen LogP contribution in [-0.2, 0) is 44.7 Å². The van der Waals surface area contributed by atoms with Crippen molar-refractivity contribution in [2.45, 2.75) is 51.4 Å². The van der Waals surface area contributed by atoms with Crippen LogP contribution in [0.1, 0.15) is 47.9 Å². The number of benzene rings is 2. The summed E-state index contributed by atoms with van der Waals surface area (Å²) < 4.78 is 9.08. The maximum atomic E-state index is 11.8. The summed E-state index contributed by atoms with van der Waals surface area (Å²) in [6, 6.07) is 24.1. The van der Waals surface area contributed by atoms with Crippen molar-refractivity contribution in [3.63, 3.8) is 0 Å². The molecule has 0 saturated heterocycles. The van der Waals surface area contributed by atoms with Crippen molar-refractivity contribution in [3.05, 3.63) is 120 Å². The molecule has 6 N–H and O–H groups in total. The van der Waals surface area contributed by atoms with Crippen LogP contribution in [0.25, 0.3) is 22.1 Å². The van der Waals surface area contributed by atoms with Gasteiger partial charge >= 0.3 is 5.97 Å². The highest BCUT2D eigenvalue weighted by atomic mass is 32.1. The van der Waals surface area contributed by atoms with Crippen LogP contribution >= 0.6 is 24.4 Å². The number of H-pyrrole nitrogens is 2. The summed E-state index contributed by atoms with van der Waals surface area (Å²) in [6.07, 6.45) is 14.6. The minimum atomic E-state index is -0.933. The van der Waals surface area contributed by atoms with E-state index in [9.17, 15) is 9.59 Å². The first-order valence-corrected chi connectivity index (χ1v) is 18.8. The fraction of sp³-hybridized carbons (Fsp3) is 0.286. The molecule has 6 rings (SSSR count). The van der Waals surface area contributed by atoms with Crippen molar-refractivity contribution in [1.29, 1.82) is 0 Å². The smallest absolute Gasteiger partial charge is 0.329 e. The van der Waals surface area contributed by atoms with Gasteiger partial charge in [0.2, 0.25) is 5.91 Å². The third kappa shape index (κ3) is 14.1. The molecule has 4 heterocycles. The summed E-state index contributed by atoms with van der Waals surface area (Å²) in [6.45, 7) is -0.160. The van der Waals surface area contributed by atoms with Crippen LogP contribution in [-0.4, -0.2) is 74.1 Å². The number of aromatic amines is 2. The molecule has 11 nitrogen and oxygen atoms in total. The molecule has 6 aromatic rings. The van der Waals surface area contributed by atoms with Crippen molar-refractivity contribution in [1.82, 2.24) is 19.9 Å². The van der Waals surface area contributed by atoms with Gasteiger partial charge in [-0.15, -0.1) is 0 Å². The number of carbonyl (C=O) groups is 2. The van der Waals surface area contributed by atoms with Crippen molar-refractivity contribution in [2.24, 2.45) is 0 Å². The van der Waals surface area contributed by atoms with Crippen LogP contribution < -0.4 is 11.1 Å². The maximum Gasteiger partial charge on any atom is 0.329 e. The fourth-order valence-electron chi connectivity index (χ4n) is 5.88. The lowest BCUT2D eigenvalue weighted by Crippen LogP contribution is -2.18. The van der Waals surface area contributed by atoms with Crippen LogP contribution in [0.5, 0.6) is 0 Å². The van der Waals surface area contributed by atoms with E-state index in [2.05, 4.69) is 60.3 Å². The van der Waals surface area contributed by atoms with Gasteiger partial charge in [-0.2, -0.15) is 0 Å². The van der Waals surface area contributed by atoms with E-state index in [4.69, 9.17) is 40.0 Å². The highest BCUT2D eigenvalue weighted by Crippen LogP contribution is 2.21. The van der Waals surface area contributed by atoms with Crippen LogP contribution in [0.15, 0.2) is 97.6 Å². The molecule has 4 aromatic heterocycles. The molecule has 13 heteroatoms. The number of hydrogen-bond acceptors (Lipinski definition) is 9. The normalized spacial score (nSPS) is 10.6. The molecular weight excluding hydrogens is 733 g/mol. The first-order valence-electron chi connectivity index (χ1n) is 17.9. The van der Waals surface area contributed by atoms with Gasteiger partial charge in [-0.25, -0.2) is 14.8 Å². The molecule has 0 aliphatic heterocycles. The lowest BCUT2D eigenvalue weighted by atomic mass is 10.0. The van der Waals surface area contributed by atoms with Gasteiger partial charge in [0.1, 0.15) is 24.5 Å². The lowest BCUT2D eigenvalue weighted by molar-refractivity contribution is -0.141. The van der Waals surface area contributed by atoms with E-state index in [0.717, 1.165) is 94.7 Å². The molecule has 288 valence electrons. The number of aromatic nitrogens is 4. The number of ether oxygens (including phenoxy) is 2. The van der Waals surface area contributed by atoms with Crippen molar-refractivity contribution >= 4 is 79.5 Å². The SMILES string of the molecule is COCC(=O)Nc1ccccc1CCC(=S)CCc1ccnc2[nH]ccc12.COCC(=O)O.Nc1ccccc1CCC(=S)CCc1ccnc2[nH]ccc12. The number of pyridine rings is 2. The predicted molar refractivity (Wildman–Crippen MR) is 228 cm³/mol.